The van der Waals surface area contributed by atoms with Gasteiger partial charge in [0.1, 0.15) is 11.8 Å². The van der Waals surface area contributed by atoms with E-state index in [1.54, 1.807) is 6.20 Å². The van der Waals surface area contributed by atoms with Crippen LogP contribution in [-0.4, -0.2) is 30.8 Å². The summed E-state index contributed by atoms with van der Waals surface area (Å²) < 4.78 is 1.35. The maximum atomic E-state index is 11.2. The first kappa shape index (κ1) is 12.3. The van der Waals surface area contributed by atoms with Crippen LogP contribution in [0.25, 0.3) is 5.82 Å². The van der Waals surface area contributed by atoms with Gasteiger partial charge in [0, 0.05) is 18.2 Å². The summed E-state index contributed by atoms with van der Waals surface area (Å²) in [5.74, 6) is -0.766. The summed E-state index contributed by atoms with van der Waals surface area (Å²) in [7, 11) is 0. The number of carboxylic acid groups (broad SMARTS) is 1. The van der Waals surface area contributed by atoms with Gasteiger partial charge in [-0.15, -0.1) is 0 Å². The molecule has 20 heavy (non-hydrogen) atoms. The van der Waals surface area contributed by atoms with E-state index in [0.717, 1.165) is 30.8 Å². The van der Waals surface area contributed by atoms with E-state index in [1.807, 2.05) is 6.07 Å². The molecule has 0 bridgehead atoms. The molecule has 3 rings (SSSR count). The molecular formula is C12H10N4O4. The highest BCUT2D eigenvalue weighted by Gasteiger charge is 2.27. The third kappa shape index (κ3) is 2.11. The number of nitro groups is 1. The number of pyridine rings is 1. The standard InChI is InChI=1S/C12H10N4O4/c17-12(18)9-5-8(16(19)20)6-13-11(9)15-4-3-10(14-15)7-1-2-7/h3-7H,1-2H2,(H,17,18). The summed E-state index contributed by atoms with van der Waals surface area (Å²) in [6.07, 6.45) is 4.81. The summed E-state index contributed by atoms with van der Waals surface area (Å²) in [6.45, 7) is 0. The van der Waals surface area contributed by atoms with Crippen molar-refractivity contribution in [1.29, 1.82) is 0 Å². The van der Waals surface area contributed by atoms with Crippen molar-refractivity contribution in [2.45, 2.75) is 18.8 Å². The Labute approximate surface area is 112 Å². The van der Waals surface area contributed by atoms with Crippen LogP contribution in [0.1, 0.15) is 34.8 Å². The molecule has 102 valence electrons. The van der Waals surface area contributed by atoms with Gasteiger partial charge in [-0.05, 0) is 18.9 Å². The molecule has 0 saturated heterocycles. The van der Waals surface area contributed by atoms with Gasteiger partial charge in [0.2, 0.25) is 0 Å². The number of carboxylic acids is 1. The van der Waals surface area contributed by atoms with Gasteiger partial charge < -0.3 is 5.11 Å². The van der Waals surface area contributed by atoms with Crippen LogP contribution >= 0.6 is 0 Å². The lowest BCUT2D eigenvalue weighted by molar-refractivity contribution is -0.385. The summed E-state index contributed by atoms with van der Waals surface area (Å²) in [5, 5.41) is 24.1. The molecule has 2 heterocycles. The molecule has 1 aliphatic rings. The molecule has 2 aromatic rings. The zero-order chi connectivity index (χ0) is 14.3. The maximum Gasteiger partial charge on any atom is 0.339 e. The normalized spacial score (nSPS) is 14.2. The third-order valence-corrected chi connectivity index (χ3v) is 3.12. The Balaban J connectivity index is 2.06. The lowest BCUT2D eigenvalue weighted by Gasteiger charge is -2.04. The topological polar surface area (TPSA) is 111 Å². The van der Waals surface area contributed by atoms with Gasteiger partial charge in [-0.3, -0.25) is 10.1 Å². The van der Waals surface area contributed by atoms with Crippen LogP contribution in [0.3, 0.4) is 0 Å². The first-order valence-electron chi connectivity index (χ1n) is 6.00. The average molecular weight is 274 g/mol. The van der Waals surface area contributed by atoms with Crippen molar-refractivity contribution in [2.75, 3.05) is 0 Å². The van der Waals surface area contributed by atoms with E-state index >= 15 is 0 Å². The van der Waals surface area contributed by atoms with Gasteiger partial charge in [-0.1, -0.05) is 0 Å². The maximum absolute atomic E-state index is 11.2. The lowest BCUT2D eigenvalue weighted by Crippen LogP contribution is -2.09. The van der Waals surface area contributed by atoms with Crippen LogP contribution in [0, 0.1) is 10.1 Å². The first-order valence-corrected chi connectivity index (χ1v) is 6.00. The summed E-state index contributed by atoms with van der Waals surface area (Å²) in [5.41, 5.74) is 0.284. The molecular weight excluding hydrogens is 264 g/mol. The highest BCUT2D eigenvalue weighted by atomic mass is 16.6. The molecule has 8 heteroatoms. The summed E-state index contributed by atoms with van der Waals surface area (Å²) in [6, 6.07) is 2.80. The van der Waals surface area contributed by atoms with Gasteiger partial charge >= 0.3 is 5.97 Å². The number of carbonyl (C=O) groups is 1. The molecule has 0 atom stereocenters. The van der Waals surface area contributed by atoms with E-state index in [-0.39, 0.29) is 17.1 Å². The van der Waals surface area contributed by atoms with Crippen molar-refractivity contribution < 1.29 is 14.8 Å². The molecule has 0 aliphatic heterocycles. The van der Waals surface area contributed by atoms with Crippen LogP contribution in [0.2, 0.25) is 0 Å². The van der Waals surface area contributed by atoms with Crippen molar-refractivity contribution in [2.24, 2.45) is 0 Å². The SMILES string of the molecule is O=C(O)c1cc([N+](=O)[O-])cnc1-n1ccc(C2CC2)n1. The van der Waals surface area contributed by atoms with E-state index in [0.29, 0.717) is 5.92 Å². The molecule has 0 unspecified atom stereocenters. The molecule has 0 radical (unpaired) electrons. The Morgan fingerprint density at radius 2 is 2.25 bits per heavy atom. The number of aromatic nitrogens is 3. The number of hydrogen-bond acceptors (Lipinski definition) is 5. The van der Waals surface area contributed by atoms with E-state index in [1.165, 1.54) is 4.68 Å². The van der Waals surface area contributed by atoms with Gasteiger partial charge in [0.05, 0.1) is 10.6 Å². The zero-order valence-corrected chi connectivity index (χ0v) is 10.3. The number of nitrogens with zero attached hydrogens (tertiary/aromatic N) is 4. The van der Waals surface area contributed by atoms with Crippen LogP contribution in [-0.2, 0) is 0 Å². The molecule has 1 N–H and O–H groups in total. The van der Waals surface area contributed by atoms with Crippen LogP contribution in [0.15, 0.2) is 24.5 Å². The van der Waals surface area contributed by atoms with Crippen molar-refractivity contribution in [3.63, 3.8) is 0 Å². The molecule has 1 fully saturated rings. The molecule has 2 aromatic heterocycles. The average Bonchev–Trinajstić information content (AvgIpc) is 3.16. The van der Waals surface area contributed by atoms with Crippen LogP contribution in [0.4, 0.5) is 5.69 Å². The smallest absolute Gasteiger partial charge is 0.339 e. The van der Waals surface area contributed by atoms with Crippen molar-refractivity contribution in [1.82, 2.24) is 14.8 Å². The quantitative estimate of drug-likeness (QED) is 0.671. The van der Waals surface area contributed by atoms with Crippen molar-refractivity contribution in [3.05, 3.63) is 45.9 Å². The van der Waals surface area contributed by atoms with E-state index in [9.17, 15) is 14.9 Å². The van der Waals surface area contributed by atoms with Crippen molar-refractivity contribution >= 4 is 11.7 Å². The fraction of sp³-hybridized carbons (Fsp3) is 0.250. The largest absolute Gasteiger partial charge is 0.478 e. The minimum absolute atomic E-state index is 0.0787. The Morgan fingerprint density at radius 1 is 1.50 bits per heavy atom. The highest BCUT2D eigenvalue weighted by molar-refractivity contribution is 5.91. The molecule has 0 spiro atoms. The predicted molar refractivity (Wildman–Crippen MR) is 66.9 cm³/mol. The minimum atomic E-state index is -1.28. The highest BCUT2D eigenvalue weighted by Crippen LogP contribution is 2.39. The van der Waals surface area contributed by atoms with Gasteiger partial charge in [0.25, 0.3) is 5.69 Å². The van der Waals surface area contributed by atoms with Crippen LogP contribution in [0.5, 0.6) is 0 Å². The molecule has 1 aliphatic carbocycles. The second-order valence-electron chi connectivity index (χ2n) is 4.59. The lowest BCUT2D eigenvalue weighted by atomic mass is 10.2. The number of aromatic carboxylic acids is 1. The van der Waals surface area contributed by atoms with E-state index in [2.05, 4.69) is 10.1 Å². The summed E-state index contributed by atoms with van der Waals surface area (Å²) >= 11 is 0. The second kappa shape index (κ2) is 4.41. The molecule has 0 aromatic carbocycles. The van der Waals surface area contributed by atoms with Gasteiger partial charge in [0.15, 0.2) is 5.82 Å². The predicted octanol–water partition coefficient (Wildman–Crippen LogP) is 1.75. The Morgan fingerprint density at radius 3 is 2.85 bits per heavy atom. The molecule has 1 saturated carbocycles. The fourth-order valence-corrected chi connectivity index (χ4v) is 1.94. The Kier molecular flexibility index (Phi) is 2.70. The van der Waals surface area contributed by atoms with Crippen molar-refractivity contribution in [3.8, 4) is 5.82 Å². The third-order valence-electron chi connectivity index (χ3n) is 3.12. The Hall–Kier alpha value is -2.77. The molecule has 8 nitrogen and oxygen atoms in total. The minimum Gasteiger partial charge on any atom is -0.478 e. The van der Waals surface area contributed by atoms with Gasteiger partial charge in [-0.2, -0.15) is 5.10 Å². The van der Waals surface area contributed by atoms with E-state index in [4.69, 9.17) is 5.11 Å². The molecule has 0 amide bonds. The summed E-state index contributed by atoms with van der Waals surface area (Å²) in [4.78, 5) is 25.1. The van der Waals surface area contributed by atoms with Crippen LogP contribution < -0.4 is 0 Å². The number of hydrogen-bond donors (Lipinski definition) is 1. The zero-order valence-electron chi connectivity index (χ0n) is 10.3. The fourth-order valence-electron chi connectivity index (χ4n) is 1.94. The van der Waals surface area contributed by atoms with Gasteiger partial charge in [-0.25, -0.2) is 14.5 Å². The Bertz CT molecular complexity index is 705. The monoisotopic (exact) mass is 274 g/mol. The second-order valence-corrected chi connectivity index (χ2v) is 4.59. The first-order chi connectivity index (χ1) is 9.56. The number of rotatable bonds is 4. The van der Waals surface area contributed by atoms with E-state index < -0.39 is 10.9 Å².